The van der Waals surface area contributed by atoms with Crippen molar-refractivity contribution in [3.8, 4) is 0 Å². The van der Waals surface area contributed by atoms with E-state index in [-0.39, 0.29) is 11.9 Å². The Morgan fingerprint density at radius 2 is 2.00 bits per heavy atom. The van der Waals surface area contributed by atoms with E-state index in [1.807, 2.05) is 13.8 Å². The van der Waals surface area contributed by atoms with Crippen LogP contribution in [0.25, 0.3) is 0 Å². The molecule has 9 heteroatoms. The zero-order valence-corrected chi connectivity index (χ0v) is 16.9. The van der Waals surface area contributed by atoms with Crippen LogP contribution in [0.4, 0.5) is 4.39 Å². The number of ether oxygens (including phenoxy) is 1. The number of nitrogens with one attached hydrogen (secondary N) is 1. The number of hydrogen-bond donors (Lipinski definition) is 1. The van der Waals surface area contributed by atoms with Gasteiger partial charge in [0.05, 0.1) is 22.9 Å². The van der Waals surface area contributed by atoms with Gasteiger partial charge >= 0.3 is 0 Å². The molecule has 148 valence electrons. The van der Waals surface area contributed by atoms with Crippen LogP contribution >= 0.6 is 0 Å². The second kappa shape index (κ2) is 8.33. The third-order valence-electron chi connectivity index (χ3n) is 4.27. The van der Waals surface area contributed by atoms with E-state index in [0.29, 0.717) is 25.1 Å². The first-order valence-corrected chi connectivity index (χ1v) is 11.9. The van der Waals surface area contributed by atoms with Gasteiger partial charge in [-0.2, -0.15) is 0 Å². The summed E-state index contributed by atoms with van der Waals surface area (Å²) in [5.41, 5.74) is 0.598. The number of benzene rings is 1. The summed E-state index contributed by atoms with van der Waals surface area (Å²) in [6, 6.07) is 3.06. The fourth-order valence-corrected chi connectivity index (χ4v) is 7.85. The molecule has 1 N–H and O–H groups in total. The normalized spacial score (nSPS) is 22.8. The molecule has 1 aromatic carbocycles. The zero-order valence-electron chi connectivity index (χ0n) is 15.2. The van der Waals surface area contributed by atoms with Crippen LogP contribution in [0.15, 0.2) is 23.1 Å². The lowest BCUT2D eigenvalue weighted by atomic mass is 10.2. The second-order valence-electron chi connectivity index (χ2n) is 6.93. The molecule has 0 aromatic heterocycles. The van der Waals surface area contributed by atoms with E-state index in [9.17, 15) is 21.2 Å². The quantitative estimate of drug-likeness (QED) is 0.657. The molecular weight excluding hydrogens is 381 g/mol. The standard InChI is InChI=1S/C17H26FNO5S2/c1-12(2)24-8-4-7-19-15-10-25(20,21)11-17(15)26(22,23)16-9-13(3)5-6-14(16)18/h5-6,9,12,15,17,19H,4,7-8,10-11H2,1-3H3/t15-,17-/m0/s1. The average Bonchev–Trinajstić information content (AvgIpc) is 2.84. The maximum absolute atomic E-state index is 14.1. The van der Waals surface area contributed by atoms with Gasteiger partial charge in [-0.15, -0.1) is 0 Å². The zero-order chi connectivity index (χ0) is 19.5. The number of rotatable bonds is 8. The Labute approximate surface area is 155 Å². The van der Waals surface area contributed by atoms with Gasteiger partial charge in [-0.25, -0.2) is 21.2 Å². The summed E-state index contributed by atoms with van der Waals surface area (Å²) >= 11 is 0. The third-order valence-corrected chi connectivity index (χ3v) is 8.43. The maximum Gasteiger partial charge on any atom is 0.186 e. The van der Waals surface area contributed by atoms with E-state index in [1.165, 1.54) is 12.1 Å². The summed E-state index contributed by atoms with van der Waals surface area (Å²) in [4.78, 5) is -0.436. The van der Waals surface area contributed by atoms with Crippen LogP contribution < -0.4 is 5.32 Å². The van der Waals surface area contributed by atoms with E-state index in [4.69, 9.17) is 4.74 Å². The van der Waals surface area contributed by atoms with Crippen LogP contribution in [0, 0.1) is 12.7 Å². The molecule has 26 heavy (non-hydrogen) atoms. The highest BCUT2D eigenvalue weighted by atomic mass is 32.2. The van der Waals surface area contributed by atoms with Gasteiger partial charge < -0.3 is 10.1 Å². The van der Waals surface area contributed by atoms with Gasteiger partial charge in [0, 0.05) is 12.6 Å². The monoisotopic (exact) mass is 407 g/mol. The molecular formula is C17H26FNO5S2. The highest BCUT2D eigenvalue weighted by Crippen LogP contribution is 2.28. The number of halogens is 1. The van der Waals surface area contributed by atoms with Gasteiger partial charge in [0.15, 0.2) is 19.7 Å². The molecule has 1 saturated heterocycles. The molecule has 1 aliphatic rings. The van der Waals surface area contributed by atoms with Crippen LogP contribution in [0.5, 0.6) is 0 Å². The summed E-state index contributed by atoms with van der Waals surface area (Å²) in [5, 5.41) is 1.81. The van der Waals surface area contributed by atoms with Crippen molar-refractivity contribution in [2.45, 2.75) is 49.5 Å². The van der Waals surface area contributed by atoms with Gasteiger partial charge in [-0.1, -0.05) is 6.07 Å². The lowest BCUT2D eigenvalue weighted by Gasteiger charge is -2.20. The Kier molecular flexibility index (Phi) is 6.81. The number of aryl methyl sites for hydroxylation is 1. The molecule has 0 bridgehead atoms. The SMILES string of the molecule is Cc1ccc(F)c(S(=O)(=O)[C@H]2CS(=O)(=O)C[C@@H]2NCCCOC(C)C)c1. The Hall–Kier alpha value is -1.03. The van der Waals surface area contributed by atoms with Crippen molar-refractivity contribution >= 4 is 19.7 Å². The molecule has 1 aliphatic heterocycles. The maximum atomic E-state index is 14.1. The molecule has 0 saturated carbocycles. The Morgan fingerprint density at radius 1 is 1.31 bits per heavy atom. The summed E-state index contributed by atoms with van der Waals surface area (Å²) in [5.74, 6) is -1.62. The Balaban J connectivity index is 2.17. The third kappa shape index (κ3) is 5.25. The largest absolute Gasteiger partial charge is 0.379 e. The summed E-state index contributed by atoms with van der Waals surface area (Å²) in [6.45, 7) is 6.41. The van der Waals surface area contributed by atoms with Crippen molar-refractivity contribution in [1.82, 2.24) is 5.32 Å². The van der Waals surface area contributed by atoms with E-state index in [2.05, 4.69) is 5.32 Å². The predicted molar refractivity (Wildman–Crippen MR) is 98.3 cm³/mol. The molecule has 1 heterocycles. The molecule has 0 radical (unpaired) electrons. The lowest BCUT2D eigenvalue weighted by molar-refractivity contribution is 0.0768. The average molecular weight is 408 g/mol. The van der Waals surface area contributed by atoms with Crippen molar-refractivity contribution in [2.24, 2.45) is 0 Å². The summed E-state index contributed by atoms with van der Waals surface area (Å²) < 4.78 is 69.4. The molecule has 2 atom stereocenters. The summed E-state index contributed by atoms with van der Waals surface area (Å²) in [7, 11) is -7.63. The molecule has 6 nitrogen and oxygen atoms in total. The fourth-order valence-electron chi connectivity index (χ4n) is 2.98. The van der Waals surface area contributed by atoms with E-state index in [0.717, 1.165) is 6.07 Å². The van der Waals surface area contributed by atoms with Crippen molar-refractivity contribution in [3.05, 3.63) is 29.6 Å². The first-order valence-electron chi connectivity index (χ1n) is 8.58. The molecule has 0 amide bonds. The van der Waals surface area contributed by atoms with E-state index in [1.54, 1.807) is 6.92 Å². The lowest BCUT2D eigenvalue weighted by Crippen LogP contribution is -2.44. The van der Waals surface area contributed by atoms with Gasteiger partial charge in [-0.05, 0) is 51.4 Å². The van der Waals surface area contributed by atoms with Crippen LogP contribution in [-0.4, -0.2) is 58.9 Å². The molecule has 1 aromatic rings. The van der Waals surface area contributed by atoms with Crippen molar-refractivity contribution in [2.75, 3.05) is 24.7 Å². The number of sulfone groups is 2. The van der Waals surface area contributed by atoms with Crippen molar-refractivity contribution in [1.29, 1.82) is 0 Å². The van der Waals surface area contributed by atoms with Gasteiger partial charge in [0.25, 0.3) is 0 Å². The molecule has 0 spiro atoms. The number of hydrogen-bond acceptors (Lipinski definition) is 6. The first kappa shape index (κ1) is 21.3. The highest BCUT2D eigenvalue weighted by Gasteiger charge is 2.46. The molecule has 1 fully saturated rings. The second-order valence-corrected chi connectivity index (χ2v) is 11.2. The summed E-state index contributed by atoms with van der Waals surface area (Å²) in [6.07, 6.45) is 0.722. The van der Waals surface area contributed by atoms with Crippen LogP contribution in [-0.2, 0) is 24.4 Å². The minimum Gasteiger partial charge on any atom is -0.379 e. The van der Waals surface area contributed by atoms with Crippen molar-refractivity contribution < 1.29 is 26.0 Å². The van der Waals surface area contributed by atoms with E-state index >= 15 is 0 Å². The topological polar surface area (TPSA) is 89.5 Å². The predicted octanol–water partition coefficient (Wildman–Crippen LogP) is 1.48. The van der Waals surface area contributed by atoms with Gasteiger partial charge in [-0.3, -0.25) is 0 Å². The van der Waals surface area contributed by atoms with Gasteiger partial charge in [0.2, 0.25) is 0 Å². The van der Waals surface area contributed by atoms with Crippen LogP contribution in [0.3, 0.4) is 0 Å². The first-order chi connectivity index (χ1) is 12.0. The Morgan fingerprint density at radius 3 is 2.65 bits per heavy atom. The Bertz CT molecular complexity index is 837. The van der Waals surface area contributed by atoms with Crippen LogP contribution in [0.2, 0.25) is 0 Å². The molecule has 2 rings (SSSR count). The van der Waals surface area contributed by atoms with Crippen molar-refractivity contribution in [3.63, 3.8) is 0 Å². The minimum absolute atomic E-state index is 0.0966. The molecule has 0 unspecified atom stereocenters. The smallest absolute Gasteiger partial charge is 0.186 e. The van der Waals surface area contributed by atoms with E-state index < -0.39 is 47.4 Å². The van der Waals surface area contributed by atoms with Gasteiger partial charge in [0.1, 0.15) is 10.7 Å². The fraction of sp³-hybridized carbons (Fsp3) is 0.647. The minimum atomic E-state index is -4.12. The van der Waals surface area contributed by atoms with Crippen LogP contribution in [0.1, 0.15) is 25.8 Å². The highest BCUT2D eigenvalue weighted by molar-refractivity contribution is 7.96. The molecule has 0 aliphatic carbocycles.